The van der Waals surface area contributed by atoms with Crippen LogP contribution in [0.1, 0.15) is 36.0 Å². The molecule has 1 atom stereocenters. The van der Waals surface area contributed by atoms with Crippen LogP contribution in [0.15, 0.2) is 24.3 Å². The number of rotatable bonds is 4. The first-order valence-corrected chi connectivity index (χ1v) is 11.4. The van der Waals surface area contributed by atoms with Gasteiger partial charge < -0.3 is 20.0 Å². The van der Waals surface area contributed by atoms with Crippen molar-refractivity contribution in [2.75, 3.05) is 71.4 Å². The fraction of sp³-hybridized carbons (Fsp3) is 0.696. The molecule has 6 heteroatoms. The van der Waals surface area contributed by atoms with Crippen molar-refractivity contribution in [1.29, 1.82) is 0 Å². The fourth-order valence-corrected chi connectivity index (χ4v) is 4.97. The molecule has 0 radical (unpaired) electrons. The molecule has 29 heavy (non-hydrogen) atoms. The third-order valence-corrected chi connectivity index (χ3v) is 6.99. The Morgan fingerprint density at radius 2 is 1.52 bits per heavy atom. The number of nitrogens with zero attached hydrogens (tertiary/aromatic N) is 4. The van der Waals surface area contributed by atoms with Crippen LogP contribution in [0.2, 0.25) is 0 Å². The van der Waals surface area contributed by atoms with Crippen LogP contribution in [0, 0.1) is 0 Å². The first kappa shape index (κ1) is 20.6. The molecule has 3 fully saturated rings. The molecule has 3 heterocycles. The summed E-state index contributed by atoms with van der Waals surface area (Å²) in [4.78, 5) is 22.6. The van der Waals surface area contributed by atoms with Crippen molar-refractivity contribution < 1.29 is 4.79 Å². The third kappa shape index (κ3) is 5.30. The van der Waals surface area contributed by atoms with Gasteiger partial charge in [0.15, 0.2) is 0 Å². The number of benzene rings is 1. The third-order valence-electron chi connectivity index (χ3n) is 6.99. The van der Waals surface area contributed by atoms with Crippen molar-refractivity contribution in [3.05, 3.63) is 29.8 Å². The van der Waals surface area contributed by atoms with Gasteiger partial charge in [-0.25, -0.2) is 0 Å². The maximum Gasteiger partial charge on any atom is 0.251 e. The van der Waals surface area contributed by atoms with E-state index in [4.69, 9.17) is 0 Å². The van der Waals surface area contributed by atoms with Crippen molar-refractivity contribution in [1.82, 2.24) is 20.0 Å². The molecule has 0 aliphatic carbocycles. The van der Waals surface area contributed by atoms with E-state index in [2.05, 4.69) is 51.1 Å². The van der Waals surface area contributed by atoms with Gasteiger partial charge in [-0.2, -0.15) is 0 Å². The minimum Gasteiger partial charge on any atom is -0.369 e. The molecule has 1 aromatic carbocycles. The van der Waals surface area contributed by atoms with E-state index in [1.54, 1.807) is 0 Å². The summed E-state index contributed by atoms with van der Waals surface area (Å²) in [6.45, 7) is 8.86. The zero-order chi connectivity index (χ0) is 20.2. The molecule has 6 nitrogen and oxygen atoms in total. The van der Waals surface area contributed by atoms with Gasteiger partial charge in [0.1, 0.15) is 0 Å². The van der Waals surface area contributed by atoms with Crippen LogP contribution in [0.3, 0.4) is 0 Å². The molecule has 3 saturated heterocycles. The van der Waals surface area contributed by atoms with E-state index in [9.17, 15) is 4.79 Å². The molecule has 1 aromatic rings. The zero-order valence-electron chi connectivity index (χ0n) is 18.1. The Balaban J connectivity index is 1.29. The Hall–Kier alpha value is -1.63. The number of hydrogen-bond donors (Lipinski definition) is 1. The molecule has 0 bridgehead atoms. The van der Waals surface area contributed by atoms with Gasteiger partial charge in [0.05, 0.1) is 0 Å². The van der Waals surface area contributed by atoms with Crippen LogP contribution >= 0.6 is 0 Å². The van der Waals surface area contributed by atoms with Crippen molar-refractivity contribution in [3.63, 3.8) is 0 Å². The summed E-state index contributed by atoms with van der Waals surface area (Å²) in [6.07, 6.45) is 4.78. The number of hydrogen-bond acceptors (Lipinski definition) is 5. The number of piperidine rings is 2. The largest absolute Gasteiger partial charge is 0.369 e. The predicted molar refractivity (Wildman–Crippen MR) is 119 cm³/mol. The van der Waals surface area contributed by atoms with Gasteiger partial charge in [-0.15, -0.1) is 0 Å². The number of amides is 1. The number of anilines is 1. The standard InChI is InChI=1S/C23H37N5O/c1-25-12-9-22(10-13-25)28-11-3-4-20(18-28)24-23(29)19-5-7-21(8-6-19)27-16-14-26(2)15-17-27/h5-8,20,22H,3-4,9-18H2,1-2H3,(H,24,29). The Morgan fingerprint density at radius 3 is 2.21 bits per heavy atom. The van der Waals surface area contributed by atoms with Crippen molar-refractivity contribution in [2.45, 2.75) is 37.8 Å². The monoisotopic (exact) mass is 399 g/mol. The lowest BCUT2D eigenvalue weighted by molar-refractivity contribution is 0.0766. The normalized spacial score (nSPS) is 25.9. The second kappa shape index (κ2) is 9.45. The van der Waals surface area contributed by atoms with Gasteiger partial charge >= 0.3 is 0 Å². The van der Waals surface area contributed by atoms with E-state index in [-0.39, 0.29) is 11.9 Å². The zero-order valence-corrected chi connectivity index (χ0v) is 18.1. The number of likely N-dealkylation sites (tertiary alicyclic amines) is 2. The molecule has 160 valence electrons. The first-order valence-electron chi connectivity index (χ1n) is 11.4. The molecule has 0 spiro atoms. The molecule has 1 amide bonds. The molecule has 3 aliphatic rings. The average Bonchev–Trinajstić information content (AvgIpc) is 2.75. The van der Waals surface area contributed by atoms with Gasteiger partial charge in [0.25, 0.3) is 5.91 Å². The SMILES string of the molecule is CN1CCC(N2CCCC(NC(=O)c3ccc(N4CCN(C)CC4)cc3)C2)CC1. The predicted octanol–water partition coefficient (Wildman–Crippen LogP) is 1.73. The molecular formula is C23H37N5O. The summed E-state index contributed by atoms with van der Waals surface area (Å²) in [6, 6.07) is 9.14. The topological polar surface area (TPSA) is 42.1 Å². The van der Waals surface area contributed by atoms with E-state index in [0.29, 0.717) is 6.04 Å². The maximum atomic E-state index is 12.8. The number of carbonyl (C=O) groups excluding carboxylic acids is 1. The minimum absolute atomic E-state index is 0.0742. The number of piperazine rings is 1. The second-order valence-corrected chi connectivity index (χ2v) is 9.18. The van der Waals surface area contributed by atoms with Crippen molar-refractivity contribution in [3.8, 4) is 0 Å². The molecule has 3 aliphatic heterocycles. The minimum atomic E-state index is 0.0742. The Bertz CT molecular complexity index is 662. The average molecular weight is 400 g/mol. The molecule has 0 aromatic heterocycles. The van der Waals surface area contributed by atoms with Gasteiger partial charge in [-0.1, -0.05) is 0 Å². The van der Waals surface area contributed by atoms with E-state index < -0.39 is 0 Å². The van der Waals surface area contributed by atoms with Crippen LogP contribution in [0.5, 0.6) is 0 Å². The first-order chi connectivity index (χ1) is 14.1. The van der Waals surface area contributed by atoms with Crippen molar-refractivity contribution in [2.24, 2.45) is 0 Å². The summed E-state index contributed by atoms with van der Waals surface area (Å²) >= 11 is 0. The lowest BCUT2D eigenvalue weighted by atomic mass is 9.98. The van der Waals surface area contributed by atoms with Crippen LogP contribution in [0.25, 0.3) is 0 Å². The second-order valence-electron chi connectivity index (χ2n) is 9.18. The summed E-state index contributed by atoms with van der Waals surface area (Å²) in [5.41, 5.74) is 2.00. The summed E-state index contributed by atoms with van der Waals surface area (Å²) in [5.74, 6) is 0.0742. The highest BCUT2D eigenvalue weighted by Gasteiger charge is 2.28. The van der Waals surface area contributed by atoms with E-state index >= 15 is 0 Å². The van der Waals surface area contributed by atoms with E-state index in [0.717, 1.165) is 44.7 Å². The lowest BCUT2D eigenvalue weighted by Crippen LogP contribution is -2.53. The van der Waals surface area contributed by atoms with E-state index in [1.165, 1.54) is 44.6 Å². The fourth-order valence-electron chi connectivity index (χ4n) is 4.97. The van der Waals surface area contributed by atoms with Gasteiger partial charge in [-0.05, 0) is 83.7 Å². The summed E-state index contributed by atoms with van der Waals surface area (Å²) in [5, 5.41) is 3.31. The number of nitrogens with one attached hydrogen (secondary N) is 1. The van der Waals surface area contributed by atoms with E-state index in [1.807, 2.05) is 12.1 Å². The maximum absolute atomic E-state index is 12.8. The molecule has 1 N–H and O–H groups in total. The lowest BCUT2D eigenvalue weighted by Gasteiger charge is -2.41. The van der Waals surface area contributed by atoms with Crippen LogP contribution < -0.4 is 10.2 Å². The van der Waals surface area contributed by atoms with Gasteiger partial charge in [0, 0.05) is 56.1 Å². The molecular weight excluding hydrogens is 362 g/mol. The Kier molecular flexibility index (Phi) is 6.73. The Morgan fingerprint density at radius 1 is 0.862 bits per heavy atom. The number of likely N-dealkylation sites (N-methyl/N-ethyl adjacent to an activating group) is 1. The summed E-state index contributed by atoms with van der Waals surface area (Å²) in [7, 11) is 4.38. The molecule has 1 unspecified atom stereocenters. The highest BCUT2D eigenvalue weighted by atomic mass is 16.1. The van der Waals surface area contributed by atoms with Crippen molar-refractivity contribution >= 4 is 11.6 Å². The number of carbonyl (C=O) groups is 1. The van der Waals surface area contributed by atoms with Gasteiger partial charge in [0.2, 0.25) is 0 Å². The quantitative estimate of drug-likeness (QED) is 0.835. The smallest absolute Gasteiger partial charge is 0.251 e. The van der Waals surface area contributed by atoms with Crippen LogP contribution in [-0.4, -0.2) is 99.1 Å². The summed E-state index contributed by atoms with van der Waals surface area (Å²) < 4.78 is 0. The Labute approximate surface area is 175 Å². The molecule has 0 saturated carbocycles. The van der Waals surface area contributed by atoms with Crippen LogP contribution in [0.4, 0.5) is 5.69 Å². The molecule has 4 rings (SSSR count). The highest BCUT2D eigenvalue weighted by Crippen LogP contribution is 2.21. The van der Waals surface area contributed by atoms with Crippen LogP contribution in [-0.2, 0) is 0 Å². The highest BCUT2D eigenvalue weighted by molar-refractivity contribution is 5.94. The van der Waals surface area contributed by atoms with Gasteiger partial charge in [-0.3, -0.25) is 9.69 Å².